The topological polar surface area (TPSA) is 20.7 Å². The predicted molar refractivity (Wildman–Crippen MR) is 136 cm³/mol. The molecule has 32 heavy (non-hydrogen) atoms. The number of H-pyrrole nitrogens is 1. The SMILES string of the molecule is c1ccc2c(c1)[nH]c1c(-c3ccc(-n4c5ccccc5c5ccccc54)cc3)cccc12. The van der Waals surface area contributed by atoms with Crippen molar-refractivity contribution in [3.05, 3.63) is 115 Å². The lowest BCUT2D eigenvalue weighted by molar-refractivity contribution is 1.18. The van der Waals surface area contributed by atoms with Gasteiger partial charge < -0.3 is 9.55 Å². The monoisotopic (exact) mass is 408 g/mol. The van der Waals surface area contributed by atoms with E-state index in [2.05, 4.69) is 125 Å². The molecule has 150 valence electrons. The summed E-state index contributed by atoms with van der Waals surface area (Å²) in [7, 11) is 0. The van der Waals surface area contributed by atoms with E-state index in [1.54, 1.807) is 0 Å². The van der Waals surface area contributed by atoms with Crippen LogP contribution in [-0.2, 0) is 0 Å². The van der Waals surface area contributed by atoms with E-state index in [-0.39, 0.29) is 0 Å². The minimum Gasteiger partial charge on any atom is -0.354 e. The molecule has 2 heteroatoms. The first-order valence-electron chi connectivity index (χ1n) is 11.0. The molecule has 2 nitrogen and oxygen atoms in total. The van der Waals surface area contributed by atoms with E-state index in [0.29, 0.717) is 0 Å². The van der Waals surface area contributed by atoms with Gasteiger partial charge in [-0.05, 0) is 35.9 Å². The highest BCUT2D eigenvalue weighted by Crippen LogP contribution is 2.35. The second-order valence-electron chi connectivity index (χ2n) is 8.32. The lowest BCUT2D eigenvalue weighted by Gasteiger charge is -2.10. The second-order valence-corrected chi connectivity index (χ2v) is 8.32. The molecule has 7 aromatic rings. The van der Waals surface area contributed by atoms with E-state index in [1.165, 1.54) is 60.4 Å². The molecule has 0 amide bonds. The first kappa shape index (κ1) is 17.4. The number of benzene rings is 5. The molecule has 0 bridgehead atoms. The van der Waals surface area contributed by atoms with Crippen molar-refractivity contribution in [3.8, 4) is 16.8 Å². The van der Waals surface area contributed by atoms with Gasteiger partial charge in [0.1, 0.15) is 0 Å². The van der Waals surface area contributed by atoms with E-state index in [1.807, 2.05) is 0 Å². The summed E-state index contributed by atoms with van der Waals surface area (Å²) in [4.78, 5) is 3.63. The Balaban J connectivity index is 1.42. The maximum atomic E-state index is 3.63. The fourth-order valence-corrected chi connectivity index (χ4v) is 5.10. The summed E-state index contributed by atoms with van der Waals surface area (Å²) in [6.45, 7) is 0. The second kappa shape index (κ2) is 6.60. The van der Waals surface area contributed by atoms with E-state index >= 15 is 0 Å². The smallest absolute Gasteiger partial charge is 0.0544 e. The van der Waals surface area contributed by atoms with Gasteiger partial charge in [0.15, 0.2) is 0 Å². The lowest BCUT2D eigenvalue weighted by atomic mass is 10.0. The minimum atomic E-state index is 1.18. The van der Waals surface area contributed by atoms with Crippen molar-refractivity contribution < 1.29 is 0 Å². The van der Waals surface area contributed by atoms with Crippen molar-refractivity contribution in [2.24, 2.45) is 0 Å². The van der Waals surface area contributed by atoms with Gasteiger partial charge >= 0.3 is 0 Å². The maximum absolute atomic E-state index is 3.63. The van der Waals surface area contributed by atoms with Gasteiger partial charge in [0.05, 0.1) is 16.6 Å². The van der Waals surface area contributed by atoms with Crippen LogP contribution in [0.25, 0.3) is 60.4 Å². The van der Waals surface area contributed by atoms with Crippen LogP contribution in [0.5, 0.6) is 0 Å². The van der Waals surface area contributed by atoms with Crippen molar-refractivity contribution in [2.45, 2.75) is 0 Å². The van der Waals surface area contributed by atoms with Crippen LogP contribution in [0.2, 0.25) is 0 Å². The average molecular weight is 409 g/mol. The third-order valence-electron chi connectivity index (χ3n) is 6.56. The van der Waals surface area contributed by atoms with Crippen LogP contribution in [-0.4, -0.2) is 9.55 Å². The molecule has 0 spiro atoms. The molecule has 0 unspecified atom stereocenters. The van der Waals surface area contributed by atoms with Gasteiger partial charge in [-0.2, -0.15) is 0 Å². The highest BCUT2D eigenvalue weighted by Gasteiger charge is 2.13. The number of para-hydroxylation sites is 4. The van der Waals surface area contributed by atoms with Crippen molar-refractivity contribution >= 4 is 43.6 Å². The normalized spacial score (nSPS) is 11.8. The highest BCUT2D eigenvalue weighted by molar-refractivity contribution is 6.12. The van der Waals surface area contributed by atoms with Crippen molar-refractivity contribution in [3.63, 3.8) is 0 Å². The van der Waals surface area contributed by atoms with E-state index in [4.69, 9.17) is 0 Å². The Morgan fingerprint density at radius 2 is 1.06 bits per heavy atom. The maximum Gasteiger partial charge on any atom is 0.0544 e. The Hall–Kier alpha value is -4.30. The van der Waals surface area contributed by atoms with Crippen molar-refractivity contribution in [1.82, 2.24) is 9.55 Å². The molecule has 0 saturated carbocycles. The molecule has 2 aromatic heterocycles. The van der Waals surface area contributed by atoms with Gasteiger partial charge in [-0.3, -0.25) is 0 Å². The zero-order valence-electron chi connectivity index (χ0n) is 17.4. The number of nitrogens with one attached hydrogen (secondary N) is 1. The van der Waals surface area contributed by atoms with Crippen LogP contribution < -0.4 is 0 Å². The summed E-state index contributed by atoms with van der Waals surface area (Å²) in [6.07, 6.45) is 0. The summed E-state index contributed by atoms with van der Waals surface area (Å²) < 4.78 is 2.36. The van der Waals surface area contributed by atoms with Crippen LogP contribution in [0.1, 0.15) is 0 Å². The summed E-state index contributed by atoms with van der Waals surface area (Å²) in [5.41, 5.74) is 8.46. The minimum absolute atomic E-state index is 1.18. The zero-order chi connectivity index (χ0) is 21.1. The van der Waals surface area contributed by atoms with Crippen molar-refractivity contribution in [2.75, 3.05) is 0 Å². The standard InChI is InChI=1S/C30H20N2/c1-4-13-27-23(8-1)26-12-7-11-22(30(26)31-27)20-16-18-21(19-17-20)32-28-14-5-2-9-24(28)25-10-3-6-15-29(25)32/h1-19,31H. The molecule has 0 aliphatic heterocycles. The van der Waals surface area contributed by atoms with Gasteiger partial charge in [-0.25, -0.2) is 0 Å². The number of hydrogen-bond acceptors (Lipinski definition) is 0. The van der Waals surface area contributed by atoms with E-state index in [0.717, 1.165) is 0 Å². The molecule has 0 atom stereocenters. The van der Waals surface area contributed by atoms with Gasteiger partial charge in [-0.1, -0.05) is 84.9 Å². The van der Waals surface area contributed by atoms with Gasteiger partial charge in [0.2, 0.25) is 0 Å². The molecule has 1 N–H and O–H groups in total. The molecule has 2 heterocycles. The number of nitrogens with zero attached hydrogens (tertiary/aromatic N) is 1. The van der Waals surface area contributed by atoms with E-state index in [9.17, 15) is 0 Å². The quantitative estimate of drug-likeness (QED) is 0.298. The fraction of sp³-hybridized carbons (Fsp3) is 0. The number of aromatic nitrogens is 2. The summed E-state index contributed by atoms with van der Waals surface area (Å²) >= 11 is 0. The first-order valence-corrected chi connectivity index (χ1v) is 11.0. The molecule has 5 aromatic carbocycles. The Morgan fingerprint density at radius 1 is 0.469 bits per heavy atom. The highest BCUT2D eigenvalue weighted by atomic mass is 15.0. The lowest BCUT2D eigenvalue weighted by Crippen LogP contribution is -1.93. The van der Waals surface area contributed by atoms with Crippen LogP contribution in [0, 0.1) is 0 Å². The molecular formula is C30H20N2. The molecule has 0 aliphatic rings. The average Bonchev–Trinajstić information content (AvgIpc) is 3.40. The Bertz CT molecular complexity index is 1710. The Kier molecular flexibility index (Phi) is 3.58. The molecule has 0 saturated heterocycles. The van der Waals surface area contributed by atoms with Crippen LogP contribution in [0.15, 0.2) is 115 Å². The largest absolute Gasteiger partial charge is 0.354 e. The predicted octanol–water partition coefficient (Wildman–Crippen LogP) is 8.09. The first-order chi connectivity index (χ1) is 15.9. The number of fused-ring (bicyclic) bond motifs is 6. The summed E-state index contributed by atoms with van der Waals surface area (Å²) in [5, 5.41) is 5.11. The van der Waals surface area contributed by atoms with E-state index < -0.39 is 0 Å². The molecular weight excluding hydrogens is 388 g/mol. The van der Waals surface area contributed by atoms with Crippen molar-refractivity contribution in [1.29, 1.82) is 0 Å². The molecule has 0 fully saturated rings. The molecule has 7 rings (SSSR count). The van der Waals surface area contributed by atoms with Gasteiger partial charge in [0.25, 0.3) is 0 Å². The summed E-state index contributed by atoms with van der Waals surface area (Å²) in [6, 6.07) is 41.3. The number of aromatic amines is 1. The fourth-order valence-electron chi connectivity index (χ4n) is 5.10. The van der Waals surface area contributed by atoms with Crippen LogP contribution in [0.4, 0.5) is 0 Å². The zero-order valence-corrected chi connectivity index (χ0v) is 17.4. The number of hydrogen-bond donors (Lipinski definition) is 1. The van der Waals surface area contributed by atoms with Crippen LogP contribution in [0.3, 0.4) is 0 Å². The third kappa shape index (κ3) is 2.41. The third-order valence-corrected chi connectivity index (χ3v) is 6.56. The molecule has 0 radical (unpaired) electrons. The summed E-state index contributed by atoms with van der Waals surface area (Å²) in [5.74, 6) is 0. The number of rotatable bonds is 2. The molecule has 0 aliphatic carbocycles. The Labute approximate surface area is 185 Å². The van der Waals surface area contributed by atoms with Crippen LogP contribution >= 0.6 is 0 Å². The van der Waals surface area contributed by atoms with Gasteiger partial charge in [-0.15, -0.1) is 0 Å². The Morgan fingerprint density at radius 3 is 1.78 bits per heavy atom. The van der Waals surface area contributed by atoms with Gasteiger partial charge in [0, 0.05) is 38.3 Å².